The van der Waals surface area contributed by atoms with Crippen LogP contribution in [-0.4, -0.2) is 42.9 Å². The Morgan fingerprint density at radius 1 is 1.40 bits per heavy atom. The number of anilines is 1. The molecule has 1 aromatic heterocycles. The molecule has 2 heterocycles. The summed E-state index contributed by atoms with van der Waals surface area (Å²) in [7, 11) is 0. The van der Waals surface area contributed by atoms with Gasteiger partial charge in [-0.1, -0.05) is 0 Å². The molecule has 1 N–H and O–H groups in total. The summed E-state index contributed by atoms with van der Waals surface area (Å²) in [6.07, 6.45) is 1.05. The Morgan fingerprint density at radius 3 is 3.00 bits per heavy atom. The molecule has 20 heavy (non-hydrogen) atoms. The molecule has 1 fully saturated rings. The minimum absolute atomic E-state index is 0.401. The van der Waals surface area contributed by atoms with E-state index >= 15 is 0 Å². The lowest BCUT2D eigenvalue weighted by atomic mass is 10.1. The highest BCUT2D eigenvalue weighted by atomic mass is 16.5. The molecule has 1 atom stereocenters. The molecule has 1 aliphatic rings. The van der Waals surface area contributed by atoms with Crippen LogP contribution in [0.4, 0.5) is 5.82 Å². The second kappa shape index (κ2) is 8.01. The first-order valence-electron chi connectivity index (χ1n) is 7.22. The molecule has 0 radical (unpaired) electrons. The summed E-state index contributed by atoms with van der Waals surface area (Å²) in [5.41, 5.74) is 0. The fraction of sp³-hybridized carbons (Fsp3) is 0.714. The van der Waals surface area contributed by atoms with E-state index in [2.05, 4.69) is 15.3 Å². The normalized spacial score (nSPS) is 18.2. The fourth-order valence-corrected chi connectivity index (χ4v) is 1.99. The van der Waals surface area contributed by atoms with Crippen LogP contribution >= 0.6 is 0 Å². The molecule has 0 bridgehead atoms. The van der Waals surface area contributed by atoms with Crippen molar-refractivity contribution in [3.8, 4) is 5.88 Å². The van der Waals surface area contributed by atoms with Crippen LogP contribution in [-0.2, 0) is 16.1 Å². The van der Waals surface area contributed by atoms with Gasteiger partial charge in [-0.3, -0.25) is 0 Å². The third-order valence-electron chi connectivity index (χ3n) is 3.03. The molecule has 1 unspecified atom stereocenters. The van der Waals surface area contributed by atoms with Crippen molar-refractivity contribution in [1.82, 2.24) is 9.97 Å². The second-order valence-corrected chi connectivity index (χ2v) is 4.72. The van der Waals surface area contributed by atoms with E-state index < -0.39 is 0 Å². The third-order valence-corrected chi connectivity index (χ3v) is 3.03. The van der Waals surface area contributed by atoms with Crippen LogP contribution in [0.5, 0.6) is 5.88 Å². The monoisotopic (exact) mass is 281 g/mol. The average Bonchev–Trinajstić information content (AvgIpc) is 2.96. The maximum atomic E-state index is 5.77. The van der Waals surface area contributed by atoms with Gasteiger partial charge in [0.05, 0.1) is 13.2 Å². The average molecular weight is 281 g/mol. The summed E-state index contributed by atoms with van der Waals surface area (Å²) in [6, 6.07) is 1.83. The second-order valence-electron chi connectivity index (χ2n) is 4.72. The van der Waals surface area contributed by atoms with Crippen molar-refractivity contribution in [2.24, 2.45) is 5.92 Å². The number of hydrogen-bond acceptors (Lipinski definition) is 6. The van der Waals surface area contributed by atoms with Crippen LogP contribution in [0.2, 0.25) is 0 Å². The molecule has 6 nitrogen and oxygen atoms in total. The molecule has 0 aliphatic carbocycles. The maximum absolute atomic E-state index is 5.77. The van der Waals surface area contributed by atoms with Crippen molar-refractivity contribution in [3.63, 3.8) is 0 Å². The van der Waals surface area contributed by atoms with Gasteiger partial charge in [-0.15, -0.1) is 0 Å². The topological polar surface area (TPSA) is 65.5 Å². The molecule has 1 aromatic rings. The quantitative estimate of drug-likeness (QED) is 0.784. The largest absolute Gasteiger partial charge is 0.477 e. The highest BCUT2D eigenvalue weighted by Crippen LogP contribution is 2.18. The molecule has 0 spiro atoms. The molecule has 112 valence electrons. The first kappa shape index (κ1) is 15.0. The molecule has 0 saturated carbocycles. The minimum atomic E-state index is 0.401. The summed E-state index contributed by atoms with van der Waals surface area (Å²) >= 11 is 0. The van der Waals surface area contributed by atoms with E-state index in [1.807, 2.05) is 19.9 Å². The molecule has 1 saturated heterocycles. The van der Waals surface area contributed by atoms with E-state index in [-0.39, 0.29) is 0 Å². The number of aromatic nitrogens is 2. The lowest BCUT2D eigenvalue weighted by molar-refractivity contribution is 0.127. The summed E-state index contributed by atoms with van der Waals surface area (Å²) < 4.78 is 16.5. The smallest absolute Gasteiger partial charge is 0.218 e. The zero-order valence-electron chi connectivity index (χ0n) is 12.2. The number of rotatable bonds is 8. The SMILES string of the molecule is CCNc1cc(OCC2CCOC2)nc(COCC)n1. The van der Waals surface area contributed by atoms with Crippen molar-refractivity contribution >= 4 is 5.82 Å². The number of nitrogens with one attached hydrogen (secondary N) is 1. The van der Waals surface area contributed by atoms with Gasteiger partial charge in [-0.2, -0.15) is 4.98 Å². The molecule has 0 amide bonds. The van der Waals surface area contributed by atoms with E-state index in [0.717, 1.165) is 32.0 Å². The summed E-state index contributed by atoms with van der Waals surface area (Å²) in [5.74, 6) is 2.47. The lowest BCUT2D eigenvalue weighted by Crippen LogP contribution is -2.14. The van der Waals surface area contributed by atoms with Crippen molar-refractivity contribution in [2.45, 2.75) is 26.9 Å². The Hall–Kier alpha value is -1.40. The maximum Gasteiger partial charge on any atom is 0.218 e. The fourth-order valence-electron chi connectivity index (χ4n) is 1.99. The van der Waals surface area contributed by atoms with E-state index in [0.29, 0.717) is 37.4 Å². The molecule has 6 heteroatoms. The van der Waals surface area contributed by atoms with E-state index in [1.54, 1.807) is 0 Å². The van der Waals surface area contributed by atoms with E-state index in [4.69, 9.17) is 14.2 Å². The van der Waals surface area contributed by atoms with Crippen LogP contribution in [0.25, 0.3) is 0 Å². The van der Waals surface area contributed by atoms with Gasteiger partial charge < -0.3 is 19.5 Å². The van der Waals surface area contributed by atoms with Gasteiger partial charge in [0.2, 0.25) is 5.88 Å². The molecule has 0 aromatic carbocycles. The van der Waals surface area contributed by atoms with Gasteiger partial charge in [0.25, 0.3) is 0 Å². The van der Waals surface area contributed by atoms with E-state index in [9.17, 15) is 0 Å². The summed E-state index contributed by atoms with van der Waals surface area (Å²) in [6.45, 7) is 8.07. The predicted molar refractivity (Wildman–Crippen MR) is 75.9 cm³/mol. The van der Waals surface area contributed by atoms with Crippen LogP contribution in [0.15, 0.2) is 6.07 Å². The van der Waals surface area contributed by atoms with Crippen molar-refractivity contribution < 1.29 is 14.2 Å². The Kier molecular flexibility index (Phi) is 6.01. The molecule has 2 rings (SSSR count). The van der Waals surface area contributed by atoms with Crippen LogP contribution in [0, 0.1) is 5.92 Å². The Bertz CT molecular complexity index is 409. The van der Waals surface area contributed by atoms with Crippen molar-refractivity contribution in [1.29, 1.82) is 0 Å². The summed E-state index contributed by atoms with van der Waals surface area (Å²) in [4.78, 5) is 8.76. The summed E-state index contributed by atoms with van der Waals surface area (Å²) in [5, 5.41) is 3.18. The predicted octanol–water partition coefficient (Wildman–Crippen LogP) is 1.86. The molecular formula is C14H23N3O3. The number of hydrogen-bond donors (Lipinski definition) is 1. The number of nitrogens with zero attached hydrogens (tertiary/aromatic N) is 2. The van der Waals surface area contributed by atoms with Gasteiger partial charge in [0.15, 0.2) is 5.82 Å². The molecular weight excluding hydrogens is 258 g/mol. The Morgan fingerprint density at radius 2 is 2.30 bits per heavy atom. The highest BCUT2D eigenvalue weighted by Gasteiger charge is 2.17. The zero-order chi connectivity index (χ0) is 14.2. The van der Waals surface area contributed by atoms with Gasteiger partial charge in [0.1, 0.15) is 12.4 Å². The van der Waals surface area contributed by atoms with Gasteiger partial charge in [-0.25, -0.2) is 4.98 Å². The van der Waals surface area contributed by atoms with Gasteiger partial charge in [0, 0.05) is 31.7 Å². The van der Waals surface area contributed by atoms with Gasteiger partial charge >= 0.3 is 0 Å². The standard InChI is InChI=1S/C14H23N3O3/c1-3-15-12-7-14(17-13(16-12)10-18-4-2)20-9-11-5-6-19-8-11/h7,11H,3-6,8-10H2,1-2H3,(H,15,16,17). The lowest BCUT2D eigenvalue weighted by Gasteiger charge is -2.12. The van der Waals surface area contributed by atoms with Crippen LogP contribution in [0.3, 0.4) is 0 Å². The first-order valence-corrected chi connectivity index (χ1v) is 7.22. The highest BCUT2D eigenvalue weighted by molar-refractivity contribution is 5.38. The number of ether oxygens (including phenoxy) is 3. The Balaban J connectivity index is 1.98. The first-order chi connectivity index (χ1) is 9.81. The van der Waals surface area contributed by atoms with Crippen molar-refractivity contribution in [3.05, 3.63) is 11.9 Å². The minimum Gasteiger partial charge on any atom is -0.477 e. The van der Waals surface area contributed by atoms with Crippen LogP contribution < -0.4 is 10.1 Å². The van der Waals surface area contributed by atoms with Gasteiger partial charge in [-0.05, 0) is 20.3 Å². The molecule has 1 aliphatic heterocycles. The Labute approximate surface area is 119 Å². The zero-order valence-corrected chi connectivity index (χ0v) is 12.2. The third kappa shape index (κ3) is 4.61. The van der Waals surface area contributed by atoms with Crippen LogP contribution in [0.1, 0.15) is 26.1 Å². The van der Waals surface area contributed by atoms with E-state index in [1.165, 1.54) is 0 Å². The van der Waals surface area contributed by atoms with Crippen molar-refractivity contribution in [2.75, 3.05) is 38.3 Å².